The predicted molar refractivity (Wildman–Crippen MR) is 80.8 cm³/mol. The molecule has 6 heteroatoms. The lowest BCUT2D eigenvalue weighted by molar-refractivity contribution is -0.142. The number of rotatable bonds is 2. The zero-order valence-electron chi connectivity index (χ0n) is 10.7. The summed E-state index contributed by atoms with van der Waals surface area (Å²) in [7, 11) is 0. The van der Waals surface area contributed by atoms with Gasteiger partial charge in [0, 0.05) is 34.5 Å². The molecule has 1 fully saturated rings. The van der Waals surface area contributed by atoms with Crippen molar-refractivity contribution in [1.29, 1.82) is 0 Å². The number of hydrogen-bond donors (Lipinski definition) is 2. The number of carboxylic acid groups (broad SMARTS) is 1. The molecule has 1 aliphatic heterocycles. The van der Waals surface area contributed by atoms with E-state index in [2.05, 4.69) is 20.9 Å². The van der Waals surface area contributed by atoms with Gasteiger partial charge in [-0.15, -0.1) is 0 Å². The number of benzene rings is 1. The van der Waals surface area contributed by atoms with E-state index in [0.717, 1.165) is 21.1 Å². The van der Waals surface area contributed by atoms with Crippen molar-refractivity contribution in [3.63, 3.8) is 0 Å². The summed E-state index contributed by atoms with van der Waals surface area (Å²) >= 11 is 3.52. The molecule has 5 nitrogen and oxygen atoms in total. The molecule has 0 bridgehead atoms. The summed E-state index contributed by atoms with van der Waals surface area (Å²) < 4.78 is 0.995. The maximum Gasteiger partial charge on any atom is 0.325 e. The second-order valence-electron chi connectivity index (χ2n) is 5.10. The predicted octanol–water partition coefficient (Wildman–Crippen LogP) is 1.99. The maximum absolute atomic E-state index is 11.2. The molecule has 3 rings (SSSR count). The Hall–Kier alpha value is -1.66. The number of hydrogen-bond acceptors (Lipinski definition) is 4. The van der Waals surface area contributed by atoms with E-state index < -0.39 is 11.5 Å². The summed E-state index contributed by atoms with van der Waals surface area (Å²) in [5.74, 6) is -0.168. The highest BCUT2D eigenvalue weighted by Crippen LogP contribution is 2.32. The Balaban J connectivity index is 2.04. The number of fused-ring (bicyclic) bond motifs is 1. The Bertz CT molecular complexity index is 691. The number of pyridine rings is 1. The van der Waals surface area contributed by atoms with Crippen molar-refractivity contribution in [2.45, 2.75) is 12.0 Å². The van der Waals surface area contributed by atoms with E-state index in [0.29, 0.717) is 13.0 Å². The Morgan fingerprint density at radius 1 is 1.40 bits per heavy atom. The minimum absolute atomic E-state index is 0.279. The number of aromatic nitrogens is 1. The van der Waals surface area contributed by atoms with Crippen LogP contribution in [0, 0.1) is 0 Å². The van der Waals surface area contributed by atoms with Crippen molar-refractivity contribution in [1.82, 2.24) is 4.98 Å². The third kappa shape index (κ3) is 2.05. The van der Waals surface area contributed by atoms with Crippen molar-refractivity contribution < 1.29 is 9.90 Å². The van der Waals surface area contributed by atoms with Gasteiger partial charge in [-0.2, -0.15) is 0 Å². The molecule has 0 aliphatic carbocycles. The quantitative estimate of drug-likeness (QED) is 0.877. The van der Waals surface area contributed by atoms with Crippen LogP contribution in [0.15, 0.2) is 34.9 Å². The first kappa shape index (κ1) is 13.3. The summed E-state index contributed by atoms with van der Waals surface area (Å²) in [6.45, 7) is 0.877. The molecule has 1 saturated heterocycles. The van der Waals surface area contributed by atoms with Gasteiger partial charge in [-0.1, -0.05) is 28.1 Å². The van der Waals surface area contributed by atoms with Gasteiger partial charge >= 0.3 is 5.97 Å². The van der Waals surface area contributed by atoms with Crippen LogP contribution < -0.4 is 10.6 Å². The standard InChI is InChI=1S/C14H14BrN3O2/c15-11-3-1-2-10-9(11)4-6-17-12(10)18-7-5-14(16,8-18)13(19)20/h1-4,6H,5,7-8,16H2,(H,19,20). The van der Waals surface area contributed by atoms with E-state index in [4.69, 9.17) is 5.73 Å². The van der Waals surface area contributed by atoms with Gasteiger partial charge in [0.25, 0.3) is 0 Å². The second kappa shape index (κ2) is 4.71. The number of carbonyl (C=O) groups is 1. The zero-order valence-corrected chi connectivity index (χ0v) is 12.3. The van der Waals surface area contributed by atoms with Crippen molar-refractivity contribution in [3.05, 3.63) is 34.9 Å². The fourth-order valence-electron chi connectivity index (χ4n) is 2.59. The molecule has 3 N–H and O–H groups in total. The highest BCUT2D eigenvalue weighted by Gasteiger charge is 2.42. The van der Waals surface area contributed by atoms with Gasteiger partial charge < -0.3 is 15.7 Å². The van der Waals surface area contributed by atoms with E-state index >= 15 is 0 Å². The van der Waals surface area contributed by atoms with Gasteiger partial charge in [0.15, 0.2) is 0 Å². The van der Waals surface area contributed by atoms with Crippen molar-refractivity contribution in [2.75, 3.05) is 18.0 Å². The first-order valence-electron chi connectivity index (χ1n) is 6.32. The first-order chi connectivity index (χ1) is 9.51. The van der Waals surface area contributed by atoms with Gasteiger partial charge in [0.1, 0.15) is 11.4 Å². The van der Waals surface area contributed by atoms with E-state index in [1.54, 1.807) is 6.20 Å². The first-order valence-corrected chi connectivity index (χ1v) is 7.11. The molecular formula is C14H14BrN3O2. The topological polar surface area (TPSA) is 79.5 Å². The summed E-state index contributed by atoms with van der Waals surface area (Å²) in [6, 6.07) is 7.84. The van der Waals surface area contributed by atoms with Crippen LogP contribution in [0.5, 0.6) is 0 Å². The molecular weight excluding hydrogens is 322 g/mol. The van der Waals surface area contributed by atoms with Crippen LogP contribution >= 0.6 is 15.9 Å². The lowest BCUT2D eigenvalue weighted by atomic mass is 10.0. The molecule has 2 aromatic rings. The molecule has 1 aliphatic rings. The minimum atomic E-state index is -1.18. The zero-order chi connectivity index (χ0) is 14.3. The average Bonchev–Trinajstić information content (AvgIpc) is 2.83. The van der Waals surface area contributed by atoms with E-state index in [-0.39, 0.29) is 6.54 Å². The largest absolute Gasteiger partial charge is 0.480 e. The van der Waals surface area contributed by atoms with Crippen LogP contribution in [-0.2, 0) is 4.79 Å². The third-order valence-corrected chi connectivity index (χ3v) is 4.45. The lowest BCUT2D eigenvalue weighted by Gasteiger charge is -2.22. The smallest absolute Gasteiger partial charge is 0.325 e. The molecule has 1 unspecified atom stereocenters. The fourth-order valence-corrected chi connectivity index (χ4v) is 3.09. The average molecular weight is 336 g/mol. The van der Waals surface area contributed by atoms with Gasteiger partial charge in [-0.05, 0) is 18.6 Å². The summed E-state index contributed by atoms with van der Waals surface area (Å²) in [5, 5.41) is 11.3. The molecule has 104 valence electrons. The molecule has 0 saturated carbocycles. The number of anilines is 1. The Morgan fingerprint density at radius 2 is 2.20 bits per heavy atom. The number of halogens is 1. The molecule has 1 aromatic carbocycles. The third-order valence-electron chi connectivity index (χ3n) is 3.76. The molecule has 0 spiro atoms. The maximum atomic E-state index is 11.2. The van der Waals surface area contributed by atoms with Crippen molar-refractivity contribution >= 4 is 38.5 Å². The number of carboxylic acids is 1. The fraction of sp³-hybridized carbons (Fsp3) is 0.286. The van der Waals surface area contributed by atoms with Gasteiger partial charge in [-0.25, -0.2) is 4.98 Å². The van der Waals surface area contributed by atoms with E-state index in [1.165, 1.54) is 0 Å². The molecule has 1 aromatic heterocycles. The highest BCUT2D eigenvalue weighted by molar-refractivity contribution is 9.10. The van der Waals surface area contributed by atoms with Crippen LogP contribution in [0.4, 0.5) is 5.82 Å². The second-order valence-corrected chi connectivity index (χ2v) is 5.96. The monoisotopic (exact) mass is 335 g/mol. The van der Waals surface area contributed by atoms with Gasteiger partial charge in [-0.3, -0.25) is 4.79 Å². The number of aliphatic carboxylic acids is 1. The molecule has 1 atom stereocenters. The Morgan fingerprint density at radius 3 is 2.90 bits per heavy atom. The van der Waals surface area contributed by atoms with Crippen LogP contribution in [0.1, 0.15) is 6.42 Å². The normalized spacial score (nSPS) is 22.4. The number of nitrogens with two attached hydrogens (primary N) is 1. The summed E-state index contributed by atoms with van der Waals surface area (Å²) in [6.07, 6.45) is 2.16. The van der Waals surface area contributed by atoms with Crippen LogP contribution in [0.3, 0.4) is 0 Å². The SMILES string of the molecule is NC1(C(=O)O)CCN(c2nccc3c(Br)cccc23)C1. The van der Waals surface area contributed by atoms with Crippen molar-refractivity contribution in [2.24, 2.45) is 5.73 Å². The van der Waals surface area contributed by atoms with E-state index in [9.17, 15) is 9.90 Å². The molecule has 0 radical (unpaired) electrons. The molecule has 20 heavy (non-hydrogen) atoms. The van der Waals surface area contributed by atoms with Crippen LogP contribution in [0.2, 0.25) is 0 Å². The van der Waals surface area contributed by atoms with Crippen molar-refractivity contribution in [3.8, 4) is 0 Å². The lowest BCUT2D eigenvalue weighted by Crippen LogP contribution is -2.50. The van der Waals surface area contributed by atoms with Gasteiger partial charge in [0.05, 0.1) is 0 Å². The number of nitrogens with zero attached hydrogens (tertiary/aromatic N) is 2. The minimum Gasteiger partial charge on any atom is -0.480 e. The molecule has 2 heterocycles. The van der Waals surface area contributed by atoms with E-state index in [1.807, 2.05) is 29.2 Å². The van der Waals surface area contributed by atoms with Gasteiger partial charge in [0.2, 0.25) is 0 Å². The Kier molecular flexibility index (Phi) is 3.14. The van der Waals surface area contributed by atoms with Crippen LogP contribution in [0.25, 0.3) is 10.8 Å². The summed E-state index contributed by atoms with van der Waals surface area (Å²) in [4.78, 5) is 17.6. The Labute approximate surface area is 124 Å². The van der Waals surface area contributed by atoms with Crippen LogP contribution in [-0.4, -0.2) is 34.7 Å². The molecule has 0 amide bonds. The summed E-state index contributed by atoms with van der Waals surface area (Å²) in [5.41, 5.74) is 4.74. The highest BCUT2D eigenvalue weighted by atomic mass is 79.9.